The molecule has 144 valence electrons. The van der Waals surface area contributed by atoms with Crippen molar-refractivity contribution in [2.24, 2.45) is 0 Å². The van der Waals surface area contributed by atoms with Crippen LogP contribution in [0.1, 0.15) is 110 Å². The summed E-state index contributed by atoms with van der Waals surface area (Å²) in [7, 11) is -4.66. The van der Waals surface area contributed by atoms with E-state index in [1.165, 1.54) is 77.0 Å². The lowest BCUT2D eigenvalue weighted by atomic mass is 10.0. The van der Waals surface area contributed by atoms with Gasteiger partial charge in [-0.1, -0.05) is 96.8 Å². The van der Waals surface area contributed by atoms with Gasteiger partial charge in [-0.15, -0.1) is 0 Å². The van der Waals surface area contributed by atoms with Crippen LogP contribution in [0.5, 0.6) is 0 Å². The minimum atomic E-state index is -4.66. The summed E-state index contributed by atoms with van der Waals surface area (Å²) in [5.41, 5.74) is 0. The quantitative estimate of drug-likeness (QED) is 0.248. The maximum atomic E-state index is 11.1. The average molecular weight is 364 g/mol. The Morgan fingerprint density at radius 3 is 1.38 bits per heavy atom. The molecule has 0 aromatic heterocycles. The van der Waals surface area contributed by atoms with E-state index < -0.39 is 13.8 Å². The van der Waals surface area contributed by atoms with Crippen LogP contribution in [0.3, 0.4) is 0 Å². The van der Waals surface area contributed by atoms with Crippen LogP contribution < -0.4 is 0 Å². The molecule has 0 saturated heterocycles. The lowest BCUT2D eigenvalue weighted by Gasteiger charge is -2.05. The molecule has 0 rings (SSSR count). The molecule has 0 aromatic carbocycles. The molecule has 0 atom stereocenters. The molecule has 0 aliphatic carbocycles. The smallest absolute Gasteiger partial charge is 0.371 e. The van der Waals surface area contributed by atoms with Gasteiger partial charge in [0, 0.05) is 6.42 Å². The summed E-state index contributed by atoms with van der Waals surface area (Å²) in [5.74, 6) is -0.807. The van der Waals surface area contributed by atoms with E-state index >= 15 is 0 Å². The van der Waals surface area contributed by atoms with Crippen molar-refractivity contribution < 1.29 is 23.7 Å². The Balaban J connectivity index is 3.15. The van der Waals surface area contributed by atoms with Crippen molar-refractivity contribution in [3.63, 3.8) is 0 Å². The summed E-state index contributed by atoms with van der Waals surface area (Å²) in [6, 6.07) is 0. The summed E-state index contributed by atoms with van der Waals surface area (Å²) in [5, 5.41) is 0. The number of phosphoric ester groups is 1. The van der Waals surface area contributed by atoms with Gasteiger partial charge in [-0.25, -0.2) is 4.57 Å². The third kappa shape index (κ3) is 19.7. The summed E-state index contributed by atoms with van der Waals surface area (Å²) in [4.78, 5) is 28.0. The number of carbonyl (C=O) groups excluding carboxylic acids is 1. The zero-order valence-corrected chi connectivity index (χ0v) is 16.3. The second-order valence-electron chi connectivity index (χ2n) is 6.65. The maximum absolute atomic E-state index is 11.1. The maximum Gasteiger partial charge on any atom is 0.526 e. The number of hydrogen-bond donors (Lipinski definition) is 2. The fourth-order valence-electron chi connectivity index (χ4n) is 2.82. The van der Waals surface area contributed by atoms with Crippen LogP contribution in [0.2, 0.25) is 0 Å². The molecule has 24 heavy (non-hydrogen) atoms. The van der Waals surface area contributed by atoms with Gasteiger partial charge in [-0.3, -0.25) is 14.6 Å². The molecule has 0 saturated carbocycles. The van der Waals surface area contributed by atoms with Gasteiger partial charge in [0.2, 0.25) is 0 Å². The highest BCUT2D eigenvalue weighted by Crippen LogP contribution is 2.36. The Morgan fingerprint density at radius 2 is 1.04 bits per heavy atom. The Hall–Kier alpha value is -0.380. The average Bonchev–Trinajstić information content (AvgIpc) is 2.49. The number of hydrogen-bond acceptors (Lipinski definition) is 3. The summed E-state index contributed by atoms with van der Waals surface area (Å²) in [6.07, 6.45) is 18.7. The summed E-state index contributed by atoms with van der Waals surface area (Å²) >= 11 is 0. The van der Waals surface area contributed by atoms with E-state index in [1.807, 2.05) is 0 Å². The van der Waals surface area contributed by atoms with Gasteiger partial charge >= 0.3 is 13.8 Å². The SMILES string of the molecule is CCCCCCCCCCCCCCCCCC(=O)OP(=O)(O)O. The first kappa shape index (κ1) is 23.6. The molecule has 5 nitrogen and oxygen atoms in total. The molecular formula is C18H37O5P. The molecule has 0 fully saturated rings. The van der Waals surface area contributed by atoms with E-state index in [4.69, 9.17) is 9.79 Å². The highest BCUT2D eigenvalue weighted by molar-refractivity contribution is 7.46. The predicted molar refractivity (Wildman–Crippen MR) is 97.7 cm³/mol. The van der Waals surface area contributed by atoms with Crippen molar-refractivity contribution >= 4 is 13.8 Å². The summed E-state index contributed by atoms with van der Waals surface area (Å²) < 4.78 is 14.4. The molecule has 0 aliphatic rings. The fraction of sp³-hybridized carbons (Fsp3) is 0.944. The Bertz CT molecular complexity index is 340. The van der Waals surface area contributed by atoms with Crippen molar-refractivity contribution in [1.82, 2.24) is 0 Å². The highest BCUT2D eigenvalue weighted by atomic mass is 31.2. The van der Waals surface area contributed by atoms with E-state index in [2.05, 4.69) is 11.4 Å². The van der Waals surface area contributed by atoms with Crippen LogP contribution in [-0.4, -0.2) is 15.8 Å². The molecule has 0 unspecified atom stereocenters. The highest BCUT2D eigenvalue weighted by Gasteiger charge is 2.19. The van der Waals surface area contributed by atoms with Crippen molar-refractivity contribution in [1.29, 1.82) is 0 Å². The van der Waals surface area contributed by atoms with Crippen molar-refractivity contribution in [3.8, 4) is 0 Å². The van der Waals surface area contributed by atoms with Gasteiger partial charge in [0.25, 0.3) is 0 Å². The Labute approximate surface area is 147 Å². The van der Waals surface area contributed by atoms with E-state index in [1.54, 1.807) is 0 Å². The van der Waals surface area contributed by atoms with E-state index in [0.717, 1.165) is 12.8 Å². The van der Waals surface area contributed by atoms with Crippen molar-refractivity contribution in [2.45, 2.75) is 110 Å². The molecule has 6 heteroatoms. The standard InChI is InChI=1S/C18H37O5P/c1-2-3-4-5-6-7-8-9-10-11-12-13-14-15-16-17-18(19)23-24(20,21)22/h2-17H2,1H3,(H2,20,21,22). The monoisotopic (exact) mass is 364 g/mol. The molecule has 0 aromatic rings. The number of phosphoric acid groups is 1. The van der Waals surface area contributed by atoms with E-state index in [9.17, 15) is 9.36 Å². The van der Waals surface area contributed by atoms with Crippen LogP contribution in [-0.2, 0) is 13.9 Å². The van der Waals surface area contributed by atoms with Gasteiger partial charge < -0.3 is 4.52 Å². The molecule has 0 heterocycles. The molecule has 0 spiro atoms. The van der Waals surface area contributed by atoms with Crippen LogP contribution in [0, 0.1) is 0 Å². The Kier molecular flexibility index (Phi) is 15.9. The molecule has 0 bridgehead atoms. The molecular weight excluding hydrogens is 327 g/mol. The van der Waals surface area contributed by atoms with Gasteiger partial charge in [0.1, 0.15) is 0 Å². The van der Waals surface area contributed by atoms with Gasteiger partial charge in [0.05, 0.1) is 0 Å². The second-order valence-corrected chi connectivity index (χ2v) is 7.82. The molecule has 0 radical (unpaired) electrons. The summed E-state index contributed by atoms with van der Waals surface area (Å²) in [6.45, 7) is 2.25. The normalized spacial score (nSPS) is 11.6. The van der Waals surface area contributed by atoms with E-state index in [0.29, 0.717) is 6.42 Å². The number of unbranched alkanes of at least 4 members (excludes halogenated alkanes) is 14. The first-order valence-corrected chi connectivity index (χ1v) is 11.3. The second kappa shape index (κ2) is 16.1. The predicted octanol–water partition coefficient (Wildman–Crippen LogP) is 5.88. The fourth-order valence-corrected chi connectivity index (χ4v) is 3.18. The molecule has 0 amide bonds. The lowest BCUT2D eigenvalue weighted by Crippen LogP contribution is -2.01. The first-order chi connectivity index (χ1) is 11.5. The molecule has 0 aliphatic heterocycles. The minimum Gasteiger partial charge on any atom is -0.371 e. The lowest BCUT2D eigenvalue weighted by molar-refractivity contribution is -0.135. The van der Waals surface area contributed by atoms with Crippen LogP contribution in [0.15, 0.2) is 0 Å². The van der Waals surface area contributed by atoms with Crippen molar-refractivity contribution in [3.05, 3.63) is 0 Å². The number of carbonyl (C=O) groups is 1. The minimum absolute atomic E-state index is 0.0867. The van der Waals surface area contributed by atoms with Gasteiger partial charge in [-0.05, 0) is 6.42 Å². The van der Waals surface area contributed by atoms with Crippen molar-refractivity contribution in [2.75, 3.05) is 0 Å². The number of rotatable bonds is 17. The third-order valence-electron chi connectivity index (χ3n) is 4.21. The zero-order chi connectivity index (χ0) is 18.1. The third-order valence-corrected chi connectivity index (χ3v) is 4.65. The zero-order valence-electron chi connectivity index (χ0n) is 15.4. The Morgan fingerprint density at radius 1 is 0.708 bits per heavy atom. The van der Waals surface area contributed by atoms with Gasteiger partial charge in [0.15, 0.2) is 0 Å². The van der Waals surface area contributed by atoms with Crippen LogP contribution in [0.25, 0.3) is 0 Å². The molecule has 2 N–H and O–H groups in total. The van der Waals surface area contributed by atoms with E-state index in [-0.39, 0.29) is 6.42 Å². The van der Waals surface area contributed by atoms with Crippen LogP contribution in [0.4, 0.5) is 0 Å². The van der Waals surface area contributed by atoms with Gasteiger partial charge in [-0.2, -0.15) is 0 Å². The largest absolute Gasteiger partial charge is 0.526 e. The topological polar surface area (TPSA) is 83.8 Å². The first-order valence-electron chi connectivity index (χ1n) is 9.73. The van der Waals surface area contributed by atoms with Crippen LogP contribution >= 0.6 is 7.82 Å².